The molecule has 132 valence electrons. The minimum absolute atomic E-state index is 0.202. The van der Waals surface area contributed by atoms with Crippen LogP contribution in [0.25, 0.3) is 0 Å². The minimum atomic E-state index is -3.52. The summed E-state index contributed by atoms with van der Waals surface area (Å²) in [6.45, 7) is 3.26. The summed E-state index contributed by atoms with van der Waals surface area (Å²) in [5.74, 6) is -0.202. The van der Waals surface area contributed by atoms with Crippen molar-refractivity contribution in [2.75, 3.05) is 39.4 Å². The first-order valence-corrected chi connectivity index (χ1v) is 9.75. The highest BCUT2D eigenvalue weighted by atomic mass is 32.2. The van der Waals surface area contributed by atoms with Gasteiger partial charge in [-0.2, -0.15) is 4.31 Å². The number of rotatable bonds is 4. The highest BCUT2D eigenvalue weighted by Gasteiger charge is 2.26. The third-order valence-corrected chi connectivity index (χ3v) is 6.25. The lowest BCUT2D eigenvalue weighted by Gasteiger charge is -2.27. The zero-order chi connectivity index (χ0) is 17.0. The molecule has 0 radical (unpaired) electrons. The van der Waals surface area contributed by atoms with Gasteiger partial charge in [-0.1, -0.05) is 6.42 Å². The van der Waals surface area contributed by atoms with Crippen LogP contribution in [0, 0.1) is 0 Å². The van der Waals surface area contributed by atoms with Gasteiger partial charge in [-0.3, -0.25) is 10.2 Å². The molecule has 0 atom stereocenters. The Morgan fingerprint density at radius 3 is 2.21 bits per heavy atom. The van der Waals surface area contributed by atoms with E-state index < -0.39 is 10.0 Å². The fraction of sp³-hybridized carbons (Fsp3) is 0.562. The van der Waals surface area contributed by atoms with Crippen LogP contribution in [0.3, 0.4) is 0 Å². The van der Waals surface area contributed by atoms with Crippen LogP contribution in [0.1, 0.15) is 29.6 Å². The number of nitrogens with one attached hydrogen (secondary N) is 1. The predicted octanol–water partition coefficient (Wildman–Crippen LogP) is 0.838. The molecule has 0 saturated carbocycles. The first kappa shape index (κ1) is 17.3. The molecule has 0 bridgehead atoms. The van der Waals surface area contributed by atoms with Gasteiger partial charge in [-0.15, -0.1) is 0 Å². The molecule has 7 nitrogen and oxygen atoms in total. The molecule has 1 amide bonds. The van der Waals surface area contributed by atoms with E-state index in [0.717, 1.165) is 25.9 Å². The number of sulfonamides is 1. The summed E-state index contributed by atoms with van der Waals surface area (Å²) in [4.78, 5) is 12.5. The van der Waals surface area contributed by atoms with E-state index in [9.17, 15) is 13.2 Å². The largest absolute Gasteiger partial charge is 0.379 e. The van der Waals surface area contributed by atoms with Crippen LogP contribution >= 0.6 is 0 Å². The monoisotopic (exact) mass is 353 g/mol. The first-order chi connectivity index (χ1) is 11.6. The molecule has 0 aromatic heterocycles. The maximum Gasteiger partial charge on any atom is 0.265 e. The van der Waals surface area contributed by atoms with Crippen LogP contribution in [-0.2, 0) is 14.8 Å². The van der Waals surface area contributed by atoms with Crippen molar-refractivity contribution < 1.29 is 17.9 Å². The Morgan fingerprint density at radius 2 is 1.58 bits per heavy atom. The van der Waals surface area contributed by atoms with Crippen molar-refractivity contribution in [1.82, 2.24) is 14.7 Å². The highest BCUT2D eigenvalue weighted by molar-refractivity contribution is 7.89. The molecule has 0 aliphatic carbocycles. The normalized spacial score (nSPS) is 20.7. The summed E-state index contributed by atoms with van der Waals surface area (Å²) in [7, 11) is -3.52. The van der Waals surface area contributed by atoms with Gasteiger partial charge < -0.3 is 4.74 Å². The maximum atomic E-state index is 12.5. The number of amides is 1. The average molecular weight is 353 g/mol. The average Bonchev–Trinajstić information content (AvgIpc) is 2.63. The molecule has 1 aromatic rings. The molecule has 0 spiro atoms. The molecule has 8 heteroatoms. The fourth-order valence-corrected chi connectivity index (χ4v) is 4.34. The van der Waals surface area contributed by atoms with Crippen LogP contribution in [0.5, 0.6) is 0 Å². The van der Waals surface area contributed by atoms with Gasteiger partial charge in [-0.25, -0.2) is 13.4 Å². The van der Waals surface area contributed by atoms with Gasteiger partial charge >= 0.3 is 0 Å². The molecule has 24 heavy (non-hydrogen) atoms. The van der Waals surface area contributed by atoms with E-state index in [1.807, 2.05) is 5.01 Å². The number of morpholine rings is 1. The van der Waals surface area contributed by atoms with Crippen molar-refractivity contribution in [3.63, 3.8) is 0 Å². The number of hydrazine groups is 1. The summed E-state index contributed by atoms with van der Waals surface area (Å²) < 4.78 is 31.7. The molecule has 2 saturated heterocycles. The second kappa shape index (κ2) is 7.60. The summed E-state index contributed by atoms with van der Waals surface area (Å²) in [5.41, 5.74) is 3.33. The Labute approximate surface area is 142 Å². The van der Waals surface area contributed by atoms with E-state index >= 15 is 0 Å². The number of carbonyl (C=O) groups excluding carboxylic acids is 1. The fourth-order valence-electron chi connectivity index (χ4n) is 2.93. The summed E-state index contributed by atoms with van der Waals surface area (Å²) in [6.07, 6.45) is 3.36. The van der Waals surface area contributed by atoms with Gasteiger partial charge in [0.05, 0.1) is 18.1 Å². The lowest BCUT2D eigenvalue weighted by Crippen LogP contribution is -2.45. The number of hydrogen-bond acceptors (Lipinski definition) is 5. The van der Waals surface area contributed by atoms with Crippen molar-refractivity contribution in [3.05, 3.63) is 29.8 Å². The second-order valence-electron chi connectivity index (χ2n) is 6.03. The Hall–Kier alpha value is -1.48. The Balaban J connectivity index is 1.67. The zero-order valence-corrected chi connectivity index (χ0v) is 14.4. The molecule has 3 rings (SSSR count). The lowest BCUT2D eigenvalue weighted by molar-refractivity contribution is 0.0730. The number of nitrogens with zero attached hydrogens (tertiary/aromatic N) is 2. The van der Waals surface area contributed by atoms with Crippen molar-refractivity contribution in [2.45, 2.75) is 24.2 Å². The van der Waals surface area contributed by atoms with E-state index in [0.29, 0.717) is 31.9 Å². The van der Waals surface area contributed by atoms with E-state index in [-0.39, 0.29) is 10.8 Å². The summed E-state index contributed by atoms with van der Waals surface area (Å²) in [6, 6.07) is 6.12. The first-order valence-electron chi connectivity index (χ1n) is 8.31. The molecule has 2 fully saturated rings. The quantitative estimate of drug-likeness (QED) is 0.868. The highest BCUT2D eigenvalue weighted by Crippen LogP contribution is 2.18. The standard InChI is InChI=1S/C16H23N3O4S/c20-16(17-18-8-2-1-3-9-18)14-4-6-15(7-5-14)24(21,22)19-10-12-23-13-11-19/h4-7H,1-3,8-13H2,(H,17,20). The van der Waals surface area contributed by atoms with E-state index in [1.54, 1.807) is 12.1 Å². The molecule has 1 N–H and O–H groups in total. The van der Waals surface area contributed by atoms with E-state index in [2.05, 4.69) is 5.43 Å². The third-order valence-electron chi connectivity index (χ3n) is 4.34. The van der Waals surface area contributed by atoms with Gasteiger partial charge in [0.15, 0.2) is 0 Å². The number of carbonyl (C=O) groups is 1. The Bertz CT molecular complexity index is 663. The number of ether oxygens (including phenoxy) is 1. The smallest absolute Gasteiger partial charge is 0.265 e. The third kappa shape index (κ3) is 3.94. The number of piperidine rings is 1. The van der Waals surface area contributed by atoms with Gasteiger partial charge in [0.25, 0.3) is 5.91 Å². The molecular formula is C16H23N3O4S. The van der Waals surface area contributed by atoms with Crippen LogP contribution < -0.4 is 5.43 Å². The number of benzene rings is 1. The van der Waals surface area contributed by atoms with Gasteiger partial charge in [0, 0.05) is 31.7 Å². The van der Waals surface area contributed by atoms with Gasteiger partial charge in [0.2, 0.25) is 10.0 Å². The SMILES string of the molecule is O=C(NN1CCCCC1)c1ccc(S(=O)(=O)N2CCOCC2)cc1. The topological polar surface area (TPSA) is 79.0 Å². The molecular weight excluding hydrogens is 330 g/mol. The van der Waals surface area contributed by atoms with Crippen molar-refractivity contribution in [1.29, 1.82) is 0 Å². The molecule has 1 aromatic carbocycles. The van der Waals surface area contributed by atoms with Gasteiger partial charge in [0.1, 0.15) is 0 Å². The molecule has 2 aliphatic rings. The van der Waals surface area contributed by atoms with Crippen molar-refractivity contribution >= 4 is 15.9 Å². The summed E-state index contributed by atoms with van der Waals surface area (Å²) >= 11 is 0. The Morgan fingerprint density at radius 1 is 0.958 bits per heavy atom. The van der Waals surface area contributed by atoms with Crippen LogP contribution in [0.15, 0.2) is 29.2 Å². The van der Waals surface area contributed by atoms with Crippen molar-refractivity contribution in [3.8, 4) is 0 Å². The van der Waals surface area contributed by atoms with Crippen LogP contribution in [-0.4, -0.2) is 63.0 Å². The van der Waals surface area contributed by atoms with Crippen molar-refractivity contribution in [2.24, 2.45) is 0 Å². The minimum Gasteiger partial charge on any atom is -0.379 e. The second-order valence-corrected chi connectivity index (χ2v) is 7.97. The van der Waals surface area contributed by atoms with E-state index in [1.165, 1.54) is 22.9 Å². The lowest BCUT2D eigenvalue weighted by atomic mass is 10.1. The van der Waals surface area contributed by atoms with E-state index in [4.69, 9.17) is 4.74 Å². The number of hydrogen-bond donors (Lipinski definition) is 1. The predicted molar refractivity (Wildman–Crippen MR) is 88.9 cm³/mol. The molecule has 0 unspecified atom stereocenters. The van der Waals surface area contributed by atoms with Gasteiger partial charge in [-0.05, 0) is 37.1 Å². The summed E-state index contributed by atoms with van der Waals surface area (Å²) in [5, 5.41) is 1.92. The van der Waals surface area contributed by atoms with Crippen LogP contribution in [0.2, 0.25) is 0 Å². The molecule has 2 heterocycles. The Kier molecular flexibility index (Phi) is 5.50. The maximum absolute atomic E-state index is 12.5. The molecule has 2 aliphatic heterocycles. The zero-order valence-electron chi connectivity index (χ0n) is 13.6. The van der Waals surface area contributed by atoms with Crippen LogP contribution in [0.4, 0.5) is 0 Å².